The number of likely N-dealkylation sites (tertiary alicyclic amines) is 1. The van der Waals surface area contributed by atoms with E-state index in [4.69, 9.17) is 0 Å². The van der Waals surface area contributed by atoms with Crippen molar-refractivity contribution >= 4 is 21.8 Å². The lowest BCUT2D eigenvalue weighted by molar-refractivity contribution is -0.134. The highest BCUT2D eigenvalue weighted by atomic mass is 79.9. The zero-order valence-corrected chi connectivity index (χ0v) is 10.7. The lowest BCUT2D eigenvalue weighted by atomic mass is 9.84. The monoisotopic (exact) mass is 275 g/mol. The number of alkyl halides is 1. The van der Waals surface area contributed by atoms with Crippen molar-refractivity contribution in [2.24, 2.45) is 5.92 Å². The van der Waals surface area contributed by atoms with Gasteiger partial charge in [-0.05, 0) is 32.6 Å². The van der Waals surface area contributed by atoms with Crippen LogP contribution in [0.15, 0.2) is 0 Å². The van der Waals surface area contributed by atoms with Gasteiger partial charge in [0.15, 0.2) is 0 Å². The number of rotatable bonds is 2. The normalized spacial score (nSPS) is 31.1. The molecule has 1 saturated heterocycles. The van der Waals surface area contributed by atoms with Crippen LogP contribution in [-0.4, -0.2) is 39.4 Å². The van der Waals surface area contributed by atoms with Crippen LogP contribution in [0.3, 0.4) is 0 Å². The van der Waals surface area contributed by atoms with Gasteiger partial charge in [-0.3, -0.25) is 4.79 Å². The Kier molecular flexibility index (Phi) is 3.08. The van der Waals surface area contributed by atoms with E-state index in [1.165, 1.54) is 0 Å². The molecule has 1 amide bonds. The van der Waals surface area contributed by atoms with Crippen LogP contribution in [0.25, 0.3) is 0 Å². The van der Waals surface area contributed by atoms with Gasteiger partial charge in [-0.15, -0.1) is 0 Å². The fraction of sp³-hybridized carbons (Fsp3) is 0.909. The SMILES string of the molecule is CC(O)C1CCN(C(=O)C2(Br)CCC2)C1. The first-order valence-electron chi connectivity index (χ1n) is 5.69. The second kappa shape index (κ2) is 4.06. The fourth-order valence-corrected chi connectivity index (χ4v) is 3.16. The van der Waals surface area contributed by atoms with E-state index >= 15 is 0 Å². The summed E-state index contributed by atoms with van der Waals surface area (Å²) in [6.07, 6.45) is 3.70. The van der Waals surface area contributed by atoms with Gasteiger partial charge in [-0.25, -0.2) is 0 Å². The summed E-state index contributed by atoms with van der Waals surface area (Å²) >= 11 is 3.55. The van der Waals surface area contributed by atoms with E-state index < -0.39 is 0 Å². The highest BCUT2D eigenvalue weighted by molar-refractivity contribution is 9.10. The van der Waals surface area contributed by atoms with E-state index in [1.807, 2.05) is 11.8 Å². The molecule has 0 radical (unpaired) electrons. The Balaban J connectivity index is 1.93. The lowest BCUT2D eigenvalue weighted by Gasteiger charge is -2.37. The van der Waals surface area contributed by atoms with Gasteiger partial charge >= 0.3 is 0 Å². The van der Waals surface area contributed by atoms with Gasteiger partial charge in [0.25, 0.3) is 0 Å². The number of hydrogen-bond donors (Lipinski definition) is 1. The smallest absolute Gasteiger partial charge is 0.239 e. The molecule has 15 heavy (non-hydrogen) atoms. The quantitative estimate of drug-likeness (QED) is 0.777. The molecular formula is C11H18BrNO2. The molecule has 1 heterocycles. The molecule has 1 aliphatic carbocycles. The number of carbonyl (C=O) groups is 1. The maximum Gasteiger partial charge on any atom is 0.239 e. The summed E-state index contributed by atoms with van der Waals surface area (Å²) in [5, 5.41) is 9.48. The Hall–Kier alpha value is -0.0900. The van der Waals surface area contributed by atoms with E-state index in [-0.39, 0.29) is 22.3 Å². The van der Waals surface area contributed by atoms with Gasteiger partial charge in [0.05, 0.1) is 6.10 Å². The van der Waals surface area contributed by atoms with E-state index in [2.05, 4.69) is 15.9 Å². The topological polar surface area (TPSA) is 40.5 Å². The Morgan fingerprint density at radius 3 is 2.67 bits per heavy atom. The van der Waals surface area contributed by atoms with Gasteiger partial charge in [0.1, 0.15) is 4.32 Å². The second-order valence-corrected chi connectivity index (χ2v) is 6.38. The summed E-state index contributed by atoms with van der Waals surface area (Å²) in [6.45, 7) is 3.34. The van der Waals surface area contributed by atoms with Gasteiger partial charge < -0.3 is 10.0 Å². The fourth-order valence-electron chi connectivity index (χ4n) is 2.35. The molecule has 0 bridgehead atoms. The van der Waals surface area contributed by atoms with Crippen molar-refractivity contribution in [3.8, 4) is 0 Å². The van der Waals surface area contributed by atoms with Gasteiger partial charge in [-0.2, -0.15) is 0 Å². The largest absolute Gasteiger partial charge is 0.393 e. The number of carbonyl (C=O) groups excluding carboxylic acids is 1. The number of hydrogen-bond acceptors (Lipinski definition) is 2. The Morgan fingerprint density at radius 1 is 1.60 bits per heavy atom. The Bertz CT molecular complexity index is 263. The minimum Gasteiger partial charge on any atom is -0.393 e. The van der Waals surface area contributed by atoms with E-state index in [0.717, 1.165) is 38.8 Å². The highest BCUT2D eigenvalue weighted by Crippen LogP contribution is 2.42. The molecule has 1 N–H and O–H groups in total. The Labute approximate surface area is 99.0 Å². The maximum absolute atomic E-state index is 12.1. The molecule has 1 aliphatic heterocycles. The highest BCUT2D eigenvalue weighted by Gasteiger charge is 2.45. The van der Waals surface area contributed by atoms with Crippen LogP contribution in [0.4, 0.5) is 0 Å². The molecule has 0 aromatic heterocycles. The maximum atomic E-state index is 12.1. The van der Waals surface area contributed by atoms with Crippen molar-refractivity contribution < 1.29 is 9.90 Å². The number of nitrogens with zero attached hydrogens (tertiary/aromatic N) is 1. The summed E-state index contributed by atoms with van der Waals surface area (Å²) in [4.78, 5) is 14.0. The van der Waals surface area contributed by atoms with Crippen LogP contribution >= 0.6 is 15.9 Å². The van der Waals surface area contributed by atoms with Crippen LogP contribution < -0.4 is 0 Å². The third-order valence-corrected chi connectivity index (χ3v) is 4.86. The molecule has 2 rings (SSSR count). The molecule has 1 saturated carbocycles. The van der Waals surface area contributed by atoms with Crippen molar-refractivity contribution in [1.82, 2.24) is 4.90 Å². The molecule has 2 unspecified atom stereocenters. The molecule has 2 fully saturated rings. The molecule has 0 aromatic carbocycles. The third-order valence-electron chi connectivity index (χ3n) is 3.72. The van der Waals surface area contributed by atoms with Crippen molar-refractivity contribution in [3.63, 3.8) is 0 Å². The van der Waals surface area contributed by atoms with E-state index in [9.17, 15) is 9.90 Å². The zero-order chi connectivity index (χ0) is 11.1. The average molecular weight is 276 g/mol. The third kappa shape index (κ3) is 2.07. The standard InChI is InChI=1S/C11H18BrNO2/c1-8(14)9-3-6-13(7-9)10(15)11(12)4-2-5-11/h8-9,14H,2-7H2,1H3. The summed E-state index contributed by atoms with van der Waals surface area (Å²) in [7, 11) is 0. The summed E-state index contributed by atoms with van der Waals surface area (Å²) in [5.41, 5.74) is 0. The summed E-state index contributed by atoms with van der Waals surface area (Å²) in [6, 6.07) is 0. The predicted molar refractivity (Wildman–Crippen MR) is 61.9 cm³/mol. The van der Waals surface area contributed by atoms with Crippen LogP contribution in [0.2, 0.25) is 0 Å². The number of amides is 1. The van der Waals surface area contributed by atoms with Gasteiger partial charge in [0, 0.05) is 19.0 Å². The van der Waals surface area contributed by atoms with E-state index in [0.29, 0.717) is 0 Å². The van der Waals surface area contributed by atoms with Crippen molar-refractivity contribution in [3.05, 3.63) is 0 Å². The first-order valence-corrected chi connectivity index (χ1v) is 6.48. The molecular weight excluding hydrogens is 258 g/mol. The first-order chi connectivity index (χ1) is 7.03. The number of halogens is 1. The minimum absolute atomic E-state index is 0.233. The van der Waals surface area contributed by atoms with Crippen molar-refractivity contribution in [1.29, 1.82) is 0 Å². The molecule has 0 spiro atoms. The van der Waals surface area contributed by atoms with Crippen molar-refractivity contribution in [2.45, 2.75) is 43.0 Å². The Morgan fingerprint density at radius 2 is 2.27 bits per heavy atom. The molecule has 2 atom stereocenters. The van der Waals surface area contributed by atoms with Crippen LogP contribution in [-0.2, 0) is 4.79 Å². The molecule has 2 aliphatic rings. The average Bonchev–Trinajstić information content (AvgIpc) is 2.61. The second-order valence-electron chi connectivity index (χ2n) is 4.86. The zero-order valence-electron chi connectivity index (χ0n) is 9.08. The van der Waals surface area contributed by atoms with Crippen LogP contribution in [0.1, 0.15) is 32.6 Å². The first kappa shape index (κ1) is 11.4. The summed E-state index contributed by atoms with van der Waals surface area (Å²) < 4.78 is -0.263. The minimum atomic E-state index is -0.296. The summed E-state index contributed by atoms with van der Waals surface area (Å²) in [5.74, 6) is 0.502. The van der Waals surface area contributed by atoms with Gasteiger partial charge in [-0.1, -0.05) is 15.9 Å². The van der Waals surface area contributed by atoms with Gasteiger partial charge in [0.2, 0.25) is 5.91 Å². The lowest BCUT2D eigenvalue weighted by Crippen LogP contribution is -2.48. The number of aliphatic hydroxyl groups excluding tert-OH is 1. The predicted octanol–water partition coefficient (Wildman–Crippen LogP) is 1.53. The van der Waals surface area contributed by atoms with Crippen LogP contribution in [0.5, 0.6) is 0 Å². The molecule has 3 nitrogen and oxygen atoms in total. The van der Waals surface area contributed by atoms with Crippen LogP contribution in [0, 0.1) is 5.92 Å². The molecule has 0 aromatic rings. The van der Waals surface area contributed by atoms with E-state index in [1.54, 1.807) is 0 Å². The molecule has 4 heteroatoms. The van der Waals surface area contributed by atoms with Crippen molar-refractivity contribution in [2.75, 3.05) is 13.1 Å². The number of aliphatic hydroxyl groups is 1. The molecule has 86 valence electrons.